The lowest BCUT2D eigenvalue weighted by Crippen LogP contribution is -2.63. The lowest BCUT2D eigenvalue weighted by Gasteiger charge is -2.49. The standard InChI is InChI=1S/C20H20ClN7O2/c1-2-13(16(30)9-29)7-27-10-20(11-27,3-4-22)28-8-14(5-26-28)18-17-15(21)6-23-19(17)25-12-24-18/h5-6,8-9,12-13H,2-3,7,10-11H2,1H3,(H,23,24,25). The zero-order valence-electron chi connectivity index (χ0n) is 16.4. The molecule has 3 aromatic rings. The molecule has 0 bridgehead atoms. The smallest absolute Gasteiger partial charge is 0.199 e. The zero-order valence-corrected chi connectivity index (χ0v) is 17.1. The number of nitrogens with zero attached hydrogens (tertiary/aromatic N) is 6. The number of nitrogens with one attached hydrogen (secondary N) is 1. The fourth-order valence-electron chi connectivity index (χ4n) is 4.08. The number of Topliss-reactive ketones (excluding diaryl/α,β-unsaturated/α-hetero) is 1. The molecule has 154 valence electrons. The molecule has 10 heteroatoms. The van der Waals surface area contributed by atoms with Gasteiger partial charge in [0.05, 0.1) is 34.8 Å². The van der Waals surface area contributed by atoms with Crippen molar-refractivity contribution in [2.45, 2.75) is 25.3 Å². The van der Waals surface area contributed by atoms with E-state index >= 15 is 0 Å². The van der Waals surface area contributed by atoms with Crippen molar-refractivity contribution in [2.75, 3.05) is 19.6 Å². The van der Waals surface area contributed by atoms with Crippen LogP contribution in [0.25, 0.3) is 22.3 Å². The average molecular weight is 426 g/mol. The summed E-state index contributed by atoms with van der Waals surface area (Å²) >= 11 is 6.29. The Morgan fingerprint density at radius 2 is 2.27 bits per heavy atom. The summed E-state index contributed by atoms with van der Waals surface area (Å²) in [7, 11) is 0. The minimum absolute atomic E-state index is 0.285. The van der Waals surface area contributed by atoms with E-state index in [1.165, 1.54) is 6.33 Å². The zero-order chi connectivity index (χ0) is 21.3. The van der Waals surface area contributed by atoms with Crippen molar-refractivity contribution in [3.63, 3.8) is 0 Å². The van der Waals surface area contributed by atoms with Gasteiger partial charge in [-0.3, -0.25) is 19.2 Å². The molecule has 0 aliphatic carbocycles. The maximum absolute atomic E-state index is 11.8. The van der Waals surface area contributed by atoms with Crippen molar-refractivity contribution >= 4 is 34.7 Å². The van der Waals surface area contributed by atoms with Gasteiger partial charge in [0.1, 0.15) is 17.5 Å². The number of aromatic amines is 1. The van der Waals surface area contributed by atoms with Crippen molar-refractivity contribution in [1.29, 1.82) is 5.26 Å². The number of rotatable bonds is 8. The van der Waals surface area contributed by atoms with E-state index in [2.05, 4.69) is 31.0 Å². The molecular weight excluding hydrogens is 406 g/mol. The maximum Gasteiger partial charge on any atom is 0.199 e. The number of nitriles is 1. The summed E-state index contributed by atoms with van der Waals surface area (Å²) in [6.07, 6.45) is 7.99. The molecule has 0 aromatic carbocycles. The predicted molar refractivity (Wildman–Crippen MR) is 110 cm³/mol. The number of aldehydes is 1. The number of ketones is 1. The number of aromatic nitrogens is 5. The second-order valence-electron chi connectivity index (χ2n) is 7.61. The Bertz CT molecular complexity index is 1140. The van der Waals surface area contributed by atoms with Crippen LogP contribution in [0.5, 0.6) is 0 Å². The number of hydrogen-bond acceptors (Lipinski definition) is 7. The minimum Gasteiger partial charge on any atom is -0.344 e. The van der Waals surface area contributed by atoms with Gasteiger partial charge in [-0.15, -0.1) is 0 Å². The molecule has 9 nitrogen and oxygen atoms in total. The first-order valence-corrected chi connectivity index (χ1v) is 10.0. The Balaban J connectivity index is 1.58. The van der Waals surface area contributed by atoms with Gasteiger partial charge < -0.3 is 4.98 Å². The Hall–Kier alpha value is -3.09. The summed E-state index contributed by atoms with van der Waals surface area (Å²) in [6, 6.07) is 2.25. The molecule has 1 aliphatic heterocycles. The highest BCUT2D eigenvalue weighted by atomic mass is 35.5. The van der Waals surface area contributed by atoms with Crippen LogP contribution in [0.4, 0.5) is 0 Å². The summed E-state index contributed by atoms with van der Waals surface area (Å²) in [5.41, 5.74) is 1.61. The summed E-state index contributed by atoms with van der Waals surface area (Å²) in [5, 5.41) is 15.2. The third kappa shape index (κ3) is 3.38. The van der Waals surface area contributed by atoms with Gasteiger partial charge in [0.15, 0.2) is 12.1 Å². The molecule has 30 heavy (non-hydrogen) atoms. The Morgan fingerprint density at radius 1 is 1.47 bits per heavy atom. The van der Waals surface area contributed by atoms with E-state index in [-0.39, 0.29) is 18.1 Å². The van der Waals surface area contributed by atoms with Crippen LogP contribution in [0.2, 0.25) is 5.02 Å². The molecule has 0 radical (unpaired) electrons. The first-order valence-electron chi connectivity index (χ1n) is 9.62. The summed E-state index contributed by atoms with van der Waals surface area (Å²) in [6.45, 7) is 3.55. The number of H-pyrrole nitrogens is 1. The Morgan fingerprint density at radius 3 is 2.97 bits per heavy atom. The Kier molecular flexibility index (Phi) is 5.37. The number of hydrogen-bond donors (Lipinski definition) is 1. The number of likely N-dealkylation sites (tertiary alicyclic amines) is 1. The highest BCUT2D eigenvalue weighted by Gasteiger charge is 2.46. The molecule has 0 amide bonds. The van der Waals surface area contributed by atoms with Gasteiger partial charge in [0, 0.05) is 43.5 Å². The normalized spacial score (nSPS) is 16.7. The van der Waals surface area contributed by atoms with E-state index in [9.17, 15) is 14.9 Å². The number of fused-ring (bicyclic) bond motifs is 1. The van der Waals surface area contributed by atoms with E-state index in [4.69, 9.17) is 11.6 Å². The van der Waals surface area contributed by atoms with Crippen LogP contribution in [0.1, 0.15) is 19.8 Å². The van der Waals surface area contributed by atoms with Gasteiger partial charge >= 0.3 is 0 Å². The molecule has 3 aromatic heterocycles. The van der Waals surface area contributed by atoms with Crippen LogP contribution < -0.4 is 0 Å². The van der Waals surface area contributed by atoms with Crippen molar-refractivity contribution in [3.8, 4) is 17.3 Å². The second kappa shape index (κ2) is 7.97. The Labute approximate surface area is 177 Å². The fourth-order valence-corrected chi connectivity index (χ4v) is 4.31. The summed E-state index contributed by atoms with van der Waals surface area (Å²) in [5.74, 6) is -0.700. The topological polar surface area (TPSA) is 121 Å². The molecule has 1 fully saturated rings. The molecule has 1 unspecified atom stereocenters. The molecule has 4 heterocycles. The van der Waals surface area contributed by atoms with Gasteiger partial charge in [0.2, 0.25) is 0 Å². The van der Waals surface area contributed by atoms with Gasteiger partial charge in [-0.1, -0.05) is 18.5 Å². The third-order valence-electron chi connectivity index (χ3n) is 5.70. The molecule has 1 atom stereocenters. The number of carbonyl (C=O) groups excluding carboxylic acids is 2. The second-order valence-corrected chi connectivity index (χ2v) is 8.02. The lowest BCUT2D eigenvalue weighted by atomic mass is 9.85. The SMILES string of the molecule is CCC(CN1CC(CC#N)(n2cc(-c3ncnc4[nH]cc(Cl)c34)cn2)C1)C(=O)C=O. The van der Waals surface area contributed by atoms with Crippen molar-refractivity contribution < 1.29 is 9.59 Å². The number of halogens is 1. The van der Waals surface area contributed by atoms with E-state index < -0.39 is 5.54 Å². The van der Waals surface area contributed by atoms with Gasteiger partial charge in [-0.05, 0) is 6.42 Å². The maximum atomic E-state index is 11.8. The van der Waals surface area contributed by atoms with Gasteiger partial charge in [0.25, 0.3) is 0 Å². The van der Waals surface area contributed by atoms with Crippen LogP contribution in [-0.2, 0) is 15.1 Å². The fraction of sp³-hybridized carbons (Fsp3) is 0.400. The van der Waals surface area contributed by atoms with E-state index in [1.54, 1.807) is 17.1 Å². The van der Waals surface area contributed by atoms with Gasteiger partial charge in [-0.25, -0.2) is 9.97 Å². The summed E-state index contributed by atoms with van der Waals surface area (Å²) in [4.78, 5) is 36.2. The predicted octanol–water partition coefficient (Wildman–Crippen LogP) is 2.19. The van der Waals surface area contributed by atoms with Crippen molar-refractivity contribution in [3.05, 3.63) is 29.9 Å². The van der Waals surface area contributed by atoms with Crippen LogP contribution in [-0.4, -0.2) is 61.3 Å². The van der Waals surface area contributed by atoms with Crippen LogP contribution >= 0.6 is 11.6 Å². The van der Waals surface area contributed by atoms with Crippen LogP contribution in [0.15, 0.2) is 24.9 Å². The van der Waals surface area contributed by atoms with Gasteiger partial charge in [-0.2, -0.15) is 10.4 Å². The molecular formula is C20H20ClN7O2. The highest BCUT2D eigenvalue weighted by molar-refractivity contribution is 6.36. The molecule has 0 spiro atoms. The largest absolute Gasteiger partial charge is 0.344 e. The van der Waals surface area contributed by atoms with E-state index in [1.807, 2.05) is 13.1 Å². The average Bonchev–Trinajstić information content (AvgIpc) is 3.37. The quantitative estimate of drug-likeness (QED) is 0.433. The van der Waals surface area contributed by atoms with Crippen molar-refractivity contribution in [1.82, 2.24) is 29.6 Å². The molecule has 4 rings (SSSR count). The minimum atomic E-state index is -0.483. The lowest BCUT2D eigenvalue weighted by molar-refractivity contribution is -0.134. The monoisotopic (exact) mass is 425 g/mol. The number of carbonyl (C=O) groups is 2. The first kappa shape index (κ1) is 20.2. The molecule has 0 saturated carbocycles. The van der Waals surface area contributed by atoms with E-state index in [0.717, 1.165) is 10.9 Å². The first-order chi connectivity index (χ1) is 14.5. The van der Waals surface area contributed by atoms with Crippen LogP contribution in [0.3, 0.4) is 0 Å². The molecule has 1 aliphatic rings. The third-order valence-corrected chi connectivity index (χ3v) is 6.00. The van der Waals surface area contributed by atoms with Crippen LogP contribution in [0, 0.1) is 17.2 Å². The van der Waals surface area contributed by atoms with Crippen molar-refractivity contribution in [2.24, 2.45) is 5.92 Å². The summed E-state index contributed by atoms with van der Waals surface area (Å²) < 4.78 is 1.80. The molecule has 1 saturated heterocycles. The van der Waals surface area contributed by atoms with E-state index in [0.29, 0.717) is 48.7 Å². The molecule has 1 N–H and O–H groups in total. The highest BCUT2D eigenvalue weighted by Crippen LogP contribution is 2.36.